The zero-order valence-corrected chi connectivity index (χ0v) is 11.1. The van der Waals surface area contributed by atoms with E-state index in [1.165, 1.54) is 5.56 Å². The van der Waals surface area contributed by atoms with Gasteiger partial charge >= 0.3 is 0 Å². The van der Waals surface area contributed by atoms with E-state index in [4.69, 9.17) is 0 Å². The van der Waals surface area contributed by atoms with Gasteiger partial charge in [0.15, 0.2) is 5.82 Å². The molecule has 0 saturated heterocycles. The first-order valence-electron chi connectivity index (χ1n) is 6.28. The maximum Gasteiger partial charge on any atom is 0.180 e. The SMILES string of the molecule is CCc1cc(NC)nc(-c2ncccc2CC)n1. The van der Waals surface area contributed by atoms with Gasteiger partial charge in [-0.3, -0.25) is 4.98 Å². The Morgan fingerprint density at radius 2 is 2.00 bits per heavy atom. The van der Waals surface area contributed by atoms with Gasteiger partial charge in [0.05, 0.1) is 0 Å². The summed E-state index contributed by atoms with van der Waals surface area (Å²) in [4.78, 5) is 13.5. The molecule has 0 spiro atoms. The van der Waals surface area contributed by atoms with E-state index in [2.05, 4.69) is 40.2 Å². The minimum atomic E-state index is 0.705. The van der Waals surface area contributed by atoms with E-state index < -0.39 is 0 Å². The molecule has 0 atom stereocenters. The molecule has 94 valence electrons. The predicted molar refractivity (Wildman–Crippen MR) is 73.6 cm³/mol. The lowest BCUT2D eigenvalue weighted by atomic mass is 10.1. The number of hydrogen-bond donors (Lipinski definition) is 1. The standard InChI is InChI=1S/C14H18N4/c1-4-10-7-6-8-16-13(10)14-17-11(5-2)9-12(15-3)18-14/h6-9H,4-5H2,1-3H3,(H,15,17,18). The third-order valence-corrected chi connectivity index (χ3v) is 2.88. The van der Waals surface area contributed by atoms with Gasteiger partial charge in [-0.1, -0.05) is 19.9 Å². The van der Waals surface area contributed by atoms with Gasteiger partial charge < -0.3 is 5.32 Å². The van der Waals surface area contributed by atoms with E-state index >= 15 is 0 Å². The number of aryl methyl sites for hydroxylation is 2. The van der Waals surface area contributed by atoms with Crippen molar-refractivity contribution in [2.24, 2.45) is 0 Å². The summed E-state index contributed by atoms with van der Waals surface area (Å²) in [7, 11) is 1.87. The Hall–Kier alpha value is -1.97. The van der Waals surface area contributed by atoms with Crippen LogP contribution in [0.15, 0.2) is 24.4 Å². The first kappa shape index (κ1) is 12.5. The Labute approximate surface area is 108 Å². The molecule has 4 nitrogen and oxygen atoms in total. The molecular formula is C14H18N4. The number of anilines is 1. The maximum atomic E-state index is 4.57. The molecule has 18 heavy (non-hydrogen) atoms. The highest BCUT2D eigenvalue weighted by Gasteiger charge is 2.10. The van der Waals surface area contributed by atoms with Crippen molar-refractivity contribution < 1.29 is 0 Å². The van der Waals surface area contributed by atoms with E-state index in [-0.39, 0.29) is 0 Å². The molecule has 0 unspecified atom stereocenters. The first-order valence-corrected chi connectivity index (χ1v) is 6.28. The quantitative estimate of drug-likeness (QED) is 0.895. The summed E-state index contributed by atoms with van der Waals surface area (Å²) in [5, 5.41) is 3.07. The molecule has 2 aromatic rings. The van der Waals surface area contributed by atoms with Crippen LogP contribution in [0.1, 0.15) is 25.1 Å². The summed E-state index contributed by atoms with van der Waals surface area (Å²) in [5.41, 5.74) is 3.08. The summed E-state index contributed by atoms with van der Waals surface area (Å²) in [5.74, 6) is 1.54. The number of aromatic nitrogens is 3. The van der Waals surface area contributed by atoms with Gasteiger partial charge in [-0.25, -0.2) is 9.97 Å². The van der Waals surface area contributed by atoms with Crippen LogP contribution in [-0.4, -0.2) is 22.0 Å². The summed E-state index contributed by atoms with van der Waals surface area (Å²) < 4.78 is 0. The summed E-state index contributed by atoms with van der Waals surface area (Å²) in [6, 6.07) is 5.99. The van der Waals surface area contributed by atoms with Gasteiger partial charge in [0.1, 0.15) is 11.5 Å². The highest BCUT2D eigenvalue weighted by atomic mass is 15.0. The molecule has 0 fully saturated rings. The zero-order chi connectivity index (χ0) is 13.0. The average Bonchev–Trinajstić information content (AvgIpc) is 2.46. The first-order chi connectivity index (χ1) is 8.78. The smallest absolute Gasteiger partial charge is 0.180 e. The highest BCUT2D eigenvalue weighted by molar-refractivity contribution is 5.57. The van der Waals surface area contributed by atoms with Gasteiger partial charge in [0.2, 0.25) is 0 Å². The van der Waals surface area contributed by atoms with Crippen molar-refractivity contribution in [2.45, 2.75) is 26.7 Å². The summed E-state index contributed by atoms with van der Waals surface area (Å²) >= 11 is 0. The number of rotatable bonds is 4. The molecule has 0 amide bonds. The second kappa shape index (κ2) is 5.58. The Balaban J connectivity index is 2.55. The van der Waals surface area contributed by atoms with Gasteiger partial charge in [-0.2, -0.15) is 0 Å². The van der Waals surface area contributed by atoms with E-state index in [1.807, 2.05) is 19.2 Å². The molecule has 0 saturated carbocycles. The molecule has 1 N–H and O–H groups in total. The van der Waals surface area contributed by atoms with Crippen molar-refractivity contribution in [3.05, 3.63) is 35.7 Å². The van der Waals surface area contributed by atoms with Crippen molar-refractivity contribution in [3.63, 3.8) is 0 Å². The third-order valence-electron chi connectivity index (χ3n) is 2.88. The van der Waals surface area contributed by atoms with Crippen LogP contribution >= 0.6 is 0 Å². The molecule has 2 aromatic heterocycles. The minimum Gasteiger partial charge on any atom is -0.373 e. The minimum absolute atomic E-state index is 0.705. The second-order valence-electron chi connectivity index (χ2n) is 4.04. The van der Waals surface area contributed by atoms with E-state index in [0.29, 0.717) is 5.82 Å². The Morgan fingerprint density at radius 1 is 1.17 bits per heavy atom. The largest absolute Gasteiger partial charge is 0.373 e. The Bertz CT molecular complexity index is 515. The molecule has 0 aromatic carbocycles. The molecule has 0 radical (unpaired) electrons. The van der Waals surface area contributed by atoms with Crippen molar-refractivity contribution in [2.75, 3.05) is 12.4 Å². The lowest BCUT2D eigenvalue weighted by molar-refractivity contribution is 0.988. The average molecular weight is 242 g/mol. The number of nitrogens with zero attached hydrogens (tertiary/aromatic N) is 3. The molecule has 2 rings (SSSR count). The van der Waals surface area contributed by atoms with Gasteiger partial charge in [-0.15, -0.1) is 0 Å². The molecule has 0 aliphatic rings. The van der Waals surface area contributed by atoms with E-state index in [1.54, 1.807) is 6.20 Å². The van der Waals surface area contributed by atoms with Crippen molar-refractivity contribution in [1.29, 1.82) is 0 Å². The fourth-order valence-electron chi connectivity index (χ4n) is 1.84. The normalized spacial score (nSPS) is 10.4. The molecule has 0 bridgehead atoms. The topological polar surface area (TPSA) is 50.7 Å². The molecular weight excluding hydrogens is 224 g/mol. The van der Waals surface area contributed by atoms with Gasteiger partial charge in [-0.05, 0) is 24.5 Å². The van der Waals surface area contributed by atoms with Crippen LogP contribution in [-0.2, 0) is 12.8 Å². The summed E-state index contributed by atoms with van der Waals surface area (Å²) in [6.07, 6.45) is 3.60. The van der Waals surface area contributed by atoms with Crippen LogP contribution < -0.4 is 5.32 Å². The van der Waals surface area contributed by atoms with E-state index in [9.17, 15) is 0 Å². The third kappa shape index (κ3) is 2.47. The molecule has 4 heteroatoms. The van der Waals surface area contributed by atoms with Gasteiger partial charge in [0.25, 0.3) is 0 Å². The van der Waals surface area contributed by atoms with Crippen molar-refractivity contribution >= 4 is 5.82 Å². The zero-order valence-electron chi connectivity index (χ0n) is 11.1. The van der Waals surface area contributed by atoms with Crippen LogP contribution in [0.25, 0.3) is 11.5 Å². The Morgan fingerprint density at radius 3 is 2.67 bits per heavy atom. The monoisotopic (exact) mass is 242 g/mol. The van der Waals surface area contributed by atoms with Crippen LogP contribution in [0.5, 0.6) is 0 Å². The molecule has 2 heterocycles. The van der Waals surface area contributed by atoms with Crippen molar-refractivity contribution in [3.8, 4) is 11.5 Å². The lowest BCUT2D eigenvalue weighted by Gasteiger charge is -2.08. The molecule has 0 aliphatic heterocycles. The number of pyridine rings is 1. The molecule has 0 aliphatic carbocycles. The van der Waals surface area contributed by atoms with Crippen LogP contribution in [0.2, 0.25) is 0 Å². The number of nitrogens with one attached hydrogen (secondary N) is 1. The van der Waals surface area contributed by atoms with E-state index in [0.717, 1.165) is 30.0 Å². The van der Waals surface area contributed by atoms with Crippen LogP contribution in [0.4, 0.5) is 5.82 Å². The Kier molecular flexibility index (Phi) is 3.87. The number of hydrogen-bond acceptors (Lipinski definition) is 4. The fourth-order valence-corrected chi connectivity index (χ4v) is 1.84. The summed E-state index contributed by atoms with van der Waals surface area (Å²) in [6.45, 7) is 4.20. The van der Waals surface area contributed by atoms with Crippen molar-refractivity contribution in [1.82, 2.24) is 15.0 Å². The van der Waals surface area contributed by atoms with Gasteiger partial charge in [0, 0.05) is 25.0 Å². The van der Waals surface area contributed by atoms with Crippen LogP contribution in [0, 0.1) is 0 Å². The fraction of sp³-hybridized carbons (Fsp3) is 0.357. The maximum absolute atomic E-state index is 4.57. The second-order valence-corrected chi connectivity index (χ2v) is 4.04. The van der Waals surface area contributed by atoms with Crippen LogP contribution in [0.3, 0.4) is 0 Å². The lowest BCUT2D eigenvalue weighted by Crippen LogP contribution is -2.02. The predicted octanol–water partition coefficient (Wildman–Crippen LogP) is 2.71. The highest BCUT2D eigenvalue weighted by Crippen LogP contribution is 2.20.